The summed E-state index contributed by atoms with van der Waals surface area (Å²) in [6.45, 7) is 5.10. The lowest BCUT2D eigenvalue weighted by Gasteiger charge is -2.37. The lowest BCUT2D eigenvalue weighted by Crippen LogP contribution is -2.48. The Morgan fingerprint density at radius 1 is 1.53 bits per heavy atom. The van der Waals surface area contributed by atoms with E-state index in [4.69, 9.17) is 10.8 Å². The van der Waals surface area contributed by atoms with Gasteiger partial charge in [-0.25, -0.2) is 0 Å². The van der Waals surface area contributed by atoms with E-state index in [1.165, 1.54) is 0 Å². The fourth-order valence-corrected chi connectivity index (χ4v) is 2.14. The zero-order valence-electron chi connectivity index (χ0n) is 10.6. The van der Waals surface area contributed by atoms with Crippen LogP contribution in [0.25, 0.3) is 0 Å². The molecule has 1 saturated heterocycles. The van der Waals surface area contributed by atoms with Crippen LogP contribution in [0, 0.1) is 11.3 Å². The highest BCUT2D eigenvalue weighted by Gasteiger charge is 2.39. The molecular formula is C12H22N2O3. The molecule has 0 aromatic carbocycles. The van der Waals surface area contributed by atoms with Crippen molar-refractivity contribution in [2.75, 3.05) is 19.6 Å². The summed E-state index contributed by atoms with van der Waals surface area (Å²) in [5, 5.41) is 9.17. The van der Waals surface area contributed by atoms with Gasteiger partial charge < -0.3 is 15.7 Å². The van der Waals surface area contributed by atoms with Crippen LogP contribution in [0.5, 0.6) is 0 Å². The number of hydrogen-bond donors (Lipinski definition) is 2. The van der Waals surface area contributed by atoms with Gasteiger partial charge in [0.1, 0.15) is 0 Å². The summed E-state index contributed by atoms with van der Waals surface area (Å²) in [6.07, 6.45) is 1.80. The predicted molar refractivity (Wildman–Crippen MR) is 64.4 cm³/mol. The molecule has 17 heavy (non-hydrogen) atoms. The van der Waals surface area contributed by atoms with E-state index in [0.717, 1.165) is 6.42 Å². The van der Waals surface area contributed by atoms with Gasteiger partial charge in [0.05, 0.1) is 5.41 Å². The van der Waals surface area contributed by atoms with E-state index in [-0.39, 0.29) is 11.8 Å². The fraction of sp³-hybridized carbons (Fsp3) is 0.833. The SMILES string of the molecule is CC(CN)CC(=O)N1CCCC(C)(C(=O)O)C1. The van der Waals surface area contributed by atoms with Crippen molar-refractivity contribution in [3.8, 4) is 0 Å². The number of carbonyl (C=O) groups excluding carboxylic acids is 1. The molecule has 5 heteroatoms. The minimum absolute atomic E-state index is 0.0233. The lowest BCUT2D eigenvalue weighted by molar-refractivity contribution is -0.153. The zero-order chi connectivity index (χ0) is 13.1. The number of aliphatic carboxylic acids is 1. The highest BCUT2D eigenvalue weighted by molar-refractivity contribution is 5.79. The molecule has 98 valence electrons. The van der Waals surface area contributed by atoms with Gasteiger partial charge in [-0.1, -0.05) is 6.92 Å². The standard InChI is InChI=1S/C12H22N2O3/c1-9(7-13)6-10(15)14-5-3-4-12(2,8-14)11(16)17/h9H,3-8,13H2,1-2H3,(H,16,17). The van der Waals surface area contributed by atoms with Crippen LogP contribution in [0.2, 0.25) is 0 Å². The molecule has 2 atom stereocenters. The van der Waals surface area contributed by atoms with Crippen LogP contribution < -0.4 is 5.73 Å². The Balaban J connectivity index is 2.60. The van der Waals surface area contributed by atoms with Crippen LogP contribution in [0.15, 0.2) is 0 Å². The van der Waals surface area contributed by atoms with Crippen LogP contribution in [-0.4, -0.2) is 41.5 Å². The topological polar surface area (TPSA) is 83.6 Å². The first-order chi connectivity index (χ1) is 7.89. The normalized spacial score (nSPS) is 26.6. The molecule has 0 aliphatic carbocycles. The minimum atomic E-state index is -0.818. The number of rotatable bonds is 4. The summed E-state index contributed by atoms with van der Waals surface area (Å²) >= 11 is 0. The Morgan fingerprint density at radius 3 is 2.71 bits per heavy atom. The molecule has 0 saturated carbocycles. The van der Waals surface area contributed by atoms with Crippen molar-refractivity contribution in [2.24, 2.45) is 17.1 Å². The van der Waals surface area contributed by atoms with Crippen LogP contribution in [0.1, 0.15) is 33.1 Å². The van der Waals surface area contributed by atoms with Gasteiger partial charge in [0.2, 0.25) is 5.91 Å². The summed E-state index contributed by atoms with van der Waals surface area (Å²) in [6, 6.07) is 0. The summed E-state index contributed by atoms with van der Waals surface area (Å²) in [7, 11) is 0. The molecule has 1 heterocycles. The number of amides is 1. The molecule has 2 unspecified atom stereocenters. The van der Waals surface area contributed by atoms with Crippen molar-refractivity contribution in [2.45, 2.75) is 33.1 Å². The maximum Gasteiger partial charge on any atom is 0.311 e. The van der Waals surface area contributed by atoms with E-state index in [9.17, 15) is 9.59 Å². The minimum Gasteiger partial charge on any atom is -0.481 e. The van der Waals surface area contributed by atoms with Crippen LogP contribution in [-0.2, 0) is 9.59 Å². The molecule has 1 aliphatic rings. The second-order valence-electron chi connectivity index (χ2n) is 5.33. The van der Waals surface area contributed by atoms with E-state index in [0.29, 0.717) is 32.5 Å². The second-order valence-corrected chi connectivity index (χ2v) is 5.33. The Kier molecular flexibility index (Phi) is 4.51. The smallest absolute Gasteiger partial charge is 0.311 e. The Bertz CT molecular complexity index is 306. The number of carbonyl (C=O) groups is 2. The van der Waals surface area contributed by atoms with Crippen molar-refractivity contribution in [3.63, 3.8) is 0 Å². The summed E-state index contributed by atoms with van der Waals surface area (Å²) in [5.41, 5.74) is 4.69. The maximum absolute atomic E-state index is 12.0. The molecule has 1 aliphatic heterocycles. The van der Waals surface area contributed by atoms with E-state index in [2.05, 4.69) is 0 Å². The highest BCUT2D eigenvalue weighted by Crippen LogP contribution is 2.30. The summed E-state index contributed by atoms with van der Waals surface area (Å²) in [4.78, 5) is 24.8. The molecule has 1 fully saturated rings. The van der Waals surface area contributed by atoms with Crippen LogP contribution >= 0.6 is 0 Å². The van der Waals surface area contributed by atoms with Gasteiger partial charge in [-0.05, 0) is 32.2 Å². The average Bonchev–Trinajstić information content (AvgIpc) is 2.28. The van der Waals surface area contributed by atoms with Crippen molar-refractivity contribution in [1.29, 1.82) is 0 Å². The van der Waals surface area contributed by atoms with E-state index >= 15 is 0 Å². The second kappa shape index (κ2) is 5.49. The maximum atomic E-state index is 12.0. The van der Waals surface area contributed by atoms with Gasteiger partial charge in [0.25, 0.3) is 0 Å². The predicted octanol–water partition coefficient (Wildman–Crippen LogP) is 0.685. The van der Waals surface area contributed by atoms with Crippen molar-refractivity contribution in [1.82, 2.24) is 4.90 Å². The molecule has 1 rings (SSSR count). The molecule has 1 amide bonds. The van der Waals surface area contributed by atoms with Gasteiger partial charge in [-0.15, -0.1) is 0 Å². The third-order valence-electron chi connectivity index (χ3n) is 3.49. The molecular weight excluding hydrogens is 220 g/mol. The highest BCUT2D eigenvalue weighted by atomic mass is 16.4. The zero-order valence-corrected chi connectivity index (χ0v) is 10.6. The molecule has 0 aromatic rings. The molecule has 5 nitrogen and oxygen atoms in total. The number of carboxylic acid groups (broad SMARTS) is 1. The van der Waals surface area contributed by atoms with Gasteiger partial charge in [0, 0.05) is 19.5 Å². The van der Waals surface area contributed by atoms with Gasteiger partial charge >= 0.3 is 5.97 Å². The van der Waals surface area contributed by atoms with E-state index in [1.807, 2.05) is 6.92 Å². The number of carboxylic acids is 1. The number of nitrogens with two attached hydrogens (primary N) is 1. The molecule has 3 N–H and O–H groups in total. The fourth-order valence-electron chi connectivity index (χ4n) is 2.14. The Labute approximate surface area is 102 Å². The Hall–Kier alpha value is -1.10. The number of nitrogens with zero attached hydrogens (tertiary/aromatic N) is 1. The first kappa shape index (κ1) is 14.0. The number of likely N-dealkylation sites (tertiary alicyclic amines) is 1. The quantitative estimate of drug-likeness (QED) is 0.759. The summed E-state index contributed by atoms with van der Waals surface area (Å²) < 4.78 is 0. The van der Waals surface area contributed by atoms with Crippen molar-refractivity contribution < 1.29 is 14.7 Å². The van der Waals surface area contributed by atoms with E-state index in [1.54, 1.807) is 11.8 Å². The first-order valence-electron chi connectivity index (χ1n) is 6.10. The largest absolute Gasteiger partial charge is 0.481 e. The van der Waals surface area contributed by atoms with Crippen LogP contribution in [0.4, 0.5) is 0 Å². The van der Waals surface area contributed by atoms with Crippen LogP contribution in [0.3, 0.4) is 0 Å². The van der Waals surface area contributed by atoms with Gasteiger partial charge in [-0.2, -0.15) is 0 Å². The summed E-state index contributed by atoms with van der Waals surface area (Å²) in [5.74, 6) is -0.641. The number of hydrogen-bond acceptors (Lipinski definition) is 3. The lowest BCUT2D eigenvalue weighted by atomic mass is 9.82. The molecule has 0 radical (unpaired) electrons. The first-order valence-corrected chi connectivity index (χ1v) is 6.10. The molecule has 0 aromatic heterocycles. The third kappa shape index (κ3) is 3.43. The molecule has 0 spiro atoms. The van der Waals surface area contributed by atoms with Gasteiger partial charge in [0.15, 0.2) is 0 Å². The van der Waals surface area contributed by atoms with Crippen molar-refractivity contribution >= 4 is 11.9 Å². The van der Waals surface area contributed by atoms with Gasteiger partial charge in [-0.3, -0.25) is 9.59 Å². The van der Waals surface area contributed by atoms with E-state index < -0.39 is 11.4 Å². The monoisotopic (exact) mass is 242 g/mol. The third-order valence-corrected chi connectivity index (χ3v) is 3.49. The molecule has 0 bridgehead atoms. The Morgan fingerprint density at radius 2 is 2.18 bits per heavy atom. The average molecular weight is 242 g/mol. The number of piperidine rings is 1. The van der Waals surface area contributed by atoms with Crippen molar-refractivity contribution in [3.05, 3.63) is 0 Å².